The summed E-state index contributed by atoms with van der Waals surface area (Å²) >= 11 is 0. The maximum Gasteiger partial charge on any atom is 0.330 e. The van der Waals surface area contributed by atoms with Crippen molar-refractivity contribution in [3.8, 4) is 0 Å². The van der Waals surface area contributed by atoms with E-state index in [1.807, 2.05) is 0 Å². The molecular formula is C16H32O8. The molecule has 0 aromatic rings. The smallest absolute Gasteiger partial charge is 0.330 e. The van der Waals surface area contributed by atoms with Crippen LogP contribution in [0.4, 0.5) is 0 Å². The molecule has 0 rings (SSSR count). The van der Waals surface area contributed by atoms with E-state index in [4.69, 9.17) is 25.5 Å². The highest BCUT2D eigenvalue weighted by Crippen LogP contribution is 2.02. The Balaban J connectivity index is -0.000000118. The van der Waals surface area contributed by atoms with Gasteiger partial charge in [-0.15, -0.1) is 0 Å². The number of hydrogen-bond donors (Lipinski definition) is 5. The van der Waals surface area contributed by atoms with Crippen molar-refractivity contribution in [2.45, 2.75) is 26.7 Å². The lowest BCUT2D eigenvalue weighted by atomic mass is 10.1. The van der Waals surface area contributed by atoms with Gasteiger partial charge >= 0.3 is 11.9 Å². The van der Waals surface area contributed by atoms with Crippen LogP contribution in [-0.2, 0) is 14.3 Å². The van der Waals surface area contributed by atoms with Crippen molar-refractivity contribution < 1.29 is 39.9 Å². The third-order valence-corrected chi connectivity index (χ3v) is 2.02. The number of hydrogen-bond acceptors (Lipinski definition) is 6. The average Bonchev–Trinajstić information content (AvgIpc) is 2.50. The van der Waals surface area contributed by atoms with Crippen LogP contribution in [0.2, 0.25) is 0 Å². The van der Waals surface area contributed by atoms with Gasteiger partial charge in [-0.3, -0.25) is 0 Å². The minimum absolute atomic E-state index is 0.0104. The van der Waals surface area contributed by atoms with Gasteiger partial charge in [0.15, 0.2) is 0 Å². The molecule has 0 saturated carbocycles. The van der Waals surface area contributed by atoms with Gasteiger partial charge in [-0.2, -0.15) is 0 Å². The third kappa shape index (κ3) is 37.0. The molecule has 24 heavy (non-hydrogen) atoms. The van der Waals surface area contributed by atoms with Crippen LogP contribution in [0.3, 0.4) is 0 Å². The number of carboxylic acid groups (broad SMARTS) is 2. The van der Waals surface area contributed by atoms with E-state index in [0.717, 1.165) is 0 Å². The number of aliphatic hydroxyl groups is 3. The van der Waals surface area contributed by atoms with Gasteiger partial charge in [-0.05, 0) is 26.7 Å². The van der Waals surface area contributed by atoms with Gasteiger partial charge in [-0.25, -0.2) is 9.59 Å². The Labute approximate surface area is 143 Å². The molecule has 8 heteroatoms. The Kier molecular flexibility index (Phi) is 29.6. The SMILES string of the molecule is C=C(C)C(=O)O.C=C(C)C(=O)O.COC.OCCCC(CO)CO. The zero-order valence-corrected chi connectivity index (χ0v) is 15.0. The highest BCUT2D eigenvalue weighted by molar-refractivity contribution is 5.85. The molecule has 0 saturated heterocycles. The minimum atomic E-state index is -0.935. The molecule has 0 aliphatic rings. The molecule has 0 heterocycles. The fourth-order valence-electron chi connectivity index (χ4n) is 0.620. The summed E-state index contributed by atoms with van der Waals surface area (Å²) in [7, 11) is 3.25. The lowest BCUT2D eigenvalue weighted by molar-refractivity contribution is -0.133. The third-order valence-electron chi connectivity index (χ3n) is 2.02. The van der Waals surface area contributed by atoms with Crippen LogP contribution in [-0.4, -0.2) is 71.5 Å². The number of ether oxygens (including phenoxy) is 1. The Bertz CT molecular complexity index is 287. The quantitative estimate of drug-likeness (QED) is 0.425. The van der Waals surface area contributed by atoms with Gasteiger partial charge < -0.3 is 30.3 Å². The van der Waals surface area contributed by atoms with Gasteiger partial charge in [0.1, 0.15) is 0 Å². The average molecular weight is 352 g/mol. The molecule has 0 bridgehead atoms. The van der Waals surface area contributed by atoms with E-state index in [2.05, 4.69) is 17.9 Å². The van der Waals surface area contributed by atoms with Crippen molar-refractivity contribution in [2.75, 3.05) is 34.0 Å². The van der Waals surface area contributed by atoms with Crippen LogP contribution < -0.4 is 0 Å². The molecule has 0 spiro atoms. The van der Waals surface area contributed by atoms with Gasteiger partial charge in [0.25, 0.3) is 0 Å². The topological polar surface area (TPSA) is 145 Å². The normalized spacial score (nSPS) is 8.50. The van der Waals surface area contributed by atoms with Crippen molar-refractivity contribution >= 4 is 11.9 Å². The van der Waals surface area contributed by atoms with Crippen molar-refractivity contribution in [1.82, 2.24) is 0 Å². The molecule has 0 amide bonds. The molecule has 0 radical (unpaired) electrons. The lowest BCUT2D eigenvalue weighted by Crippen LogP contribution is -2.11. The molecule has 144 valence electrons. The van der Waals surface area contributed by atoms with Crippen molar-refractivity contribution in [2.24, 2.45) is 5.92 Å². The number of carboxylic acids is 2. The first-order valence-electron chi connectivity index (χ1n) is 7.05. The zero-order chi connectivity index (χ0) is 20.1. The van der Waals surface area contributed by atoms with Crippen molar-refractivity contribution in [1.29, 1.82) is 0 Å². The Hall–Kier alpha value is -1.74. The summed E-state index contributed by atoms with van der Waals surface area (Å²) in [6, 6.07) is 0. The predicted octanol–water partition coefficient (Wildman–Crippen LogP) is 0.917. The lowest BCUT2D eigenvalue weighted by Gasteiger charge is -2.07. The van der Waals surface area contributed by atoms with Gasteiger partial charge in [-0.1, -0.05) is 13.2 Å². The predicted molar refractivity (Wildman–Crippen MR) is 91.8 cm³/mol. The fourth-order valence-corrected chi connectivity index (χ4v) is 0.620. The second-order valence-corrected chi connectivity index (χ2v) is 4.68. The summed E-state index contributed by atoms with van der Waals surface area (Å²) in [4.78, 5) is 19.2. The Morgan fingerprint density at radius 2 is 1.17 bits per heavy atom. The van der Waals surface area contributed by atoms with Crippen LogP contribution in [0.25, 0.3) is 0 Å². The van der Waals surface area contributed by atoms with E-state index in [0.29, 0.717) is 12.8 Å². The van der Waals surface area contributed by atoms with E-state index in [-0.39, 0.29) is 36.9 Å². The molecule has 0 aliphatic heterocycles. The van der Waals surface area contributed by atoms with Crippen LogP contribution in [0.1, 0.15) is 26.7 Å². The molecule has 0 aliphatic carbocycles. The van der Waals surface area contributed by atoms with Crippen LogP contribution in [0, 0.1) is 5.92 Å². The van der Waals surface area contributed by atoms with Crippen LogP contribution in [0.15, 0.2) is 24.3 Å². The van der Waals surface area contributed by atoms with Crippen molar-refractivity contribution in [3.63, 3.8) is 0 Å². The van der Waals surface area contributed by atoms with Crippen LogP contribution in [0.5, 0.6) is 0 Å². The minimum Gasteiger partial charge on any atom is -0.478 e. The van der Waals surface area contributed by atoms with E-state index in [9.17, 15) is 9.59 Å². The fraction of sp³-hybridized carbons (Fsp3) is 0.625. The second kappa shape index (κ2) is 23.5. The summed E-state index contributed by atoms with van der Waals surface area (Å²) in [6.07, 6.45) is 1.36. The van der Waals surface area contributed by atoms with Crippen LogP contribution >= 0.6 is 0 Å². The van der Waals surface area contributed by atoms with Gasteiger partial charge in [0, 0.05) is 51.1 Å². The number of methoxy groups -OCH3 is 1. The number of aliphatic hydroxyl groups excluding tert-OH is 3. The van der Waals surface area contributed by atoms with Crippen molar-refractivity contribution in [3.05, 3.63) is 24.3 Å². The van der Waals surface area contributed by atoms with Gasteiger partial charge in [0.05, 0.1) is 0 Å². The van der Waals surface area contributed by atoms with Gasteiger partial charge in [0.2, 0.25) is 0 Å². The second-order valence-electron chi connectivity index (χ2n) is 4.68. The first kappa shape index (κ1) is 30.2. The van der Waals surface area contributed by atoms with E-state index in [1.165, 1.54) is 13.8 Å². The standard InChI is InChI=1S/C6H14O3.2C4H6O2.C2H6O/c7-3-1-2-6(4-8)5-9;2*1-3(2)4(5)6;1-3-2/h6-9H,1-5H2;2*1H2,2H3,(H,5,6);1-2H3. The molecule has 0 unspecified atom stereocenters. The first-order chi connectivity index (χ1) is 11.0. The Morgan fingerprint density at radius 1 is 0.917 bits per heavy atom. The summed E-state index contributed by atoms with van der Waals surface area (Å²) in [6.45, 7) is 9.36. The maximum atomic E-state index is 9.60. The zero-order valence-electron chi connectivity index (χ0n) is 15.0. The van der Waals surface area contributed by atoms with E-state index >= 15 is 0 Å². The molecule has 0 aromatic carbocycles. The number of aliphatic carboxylic acids is 2. The first-order valence-corrected chi connectivity index (χ1v) is 7.05. The summed E-state index contributed by atoms with van der Waals surface area (Å²) < 4.78 is 4.25. The molecule has 5 N–H and O–H groups in total. The molecule has 0 atom stereocenters. The van der Waals surface area contributed by atoms with E-state index < -0.39 is 11.9 Å². The summed E-state index contributed by atoms with van der Waals surface area (Å²) in [5, 5.41) is 41.1. The molecule has 8 nitrogen and oxygen atoms in total. The monoisotopic (exact) mass is 352 g/mol. The molecule has 0 aromatic heterocycles. The molecule has 0 fully saturated rings. The number of rotatable bonds is 7. The summed E-state index contributed by atoms with van der Waals surface area (Å²) in [5.74, 6) is -1.91. The number of carbonyl (C=O) groups is 2. The Morgan fingerprint density at radius 3 is 1.29 bits per heavy atom. The summed E-state index contributed by atoms with van der Waals surface area (Å²) in [5.41, 5.74) is 0.352. The highest BCUT2D eigenvalue weighted by atomic mass is 16.4. The van der Waals surface area contributed by atoms with E-state index in [1.54, 1.807) is 14.2 Å². The maximum absolute atomic E-state index is 9.60. The molecular weight excluding hydrogens is 320 g/mol. The highest BCUT2D eigenvalue weighted by Gasteiger charge is 2.03. The largest absolute Gasteiger partial charge is 0.478 e.